The van der Waals surface area contributed by atoms with Crippen LogP contribution in [0.1, 0.15) is 11.1 Å². The van der Waals surface area contributed by atoms with Crippen molar-refractivity contribution >= 4 is 27.5 Å². The summed E-state index contributed by atoms with van der Waals surface area (Å²) in [4.78, 5) is 0. The van der Waals surface area contributed by atoms with Crippen molar-refractivity contribution in [2.45, 2.75) is 11.5 Å². The molecule has 0 radical (unpaired) electrons. The molecule has 2 rings (SSSR count). The molecule has 0 N–H and O–H groups in total. The second kappa shape index (κ2) is 5.55. The van der Waals surface area contributed by atoms with E-state index in [0.29, 0.717) is 21.5 Å². The first kappa shape index (κ1) is 14.4. The zero-order chi connectivity index (χ0) is 14.0. The van der Waals surface area contributed by atoms with E-state index in [2.05, 4.69) is 15.9 Å². The van der Waals surface area contributed by atoms with E-state index in [4.69, 9.17) is 11.6 Å². The van der Waals surface area contributed by atoms with Gasteiger partial charge in [0, 0.05) is 15.9 Å². The first-order valence-corrected chi connectivity index (χ1v) is 6.94. The molecule has 0 fully saturated rings. The third kappa shape index (κ3) is 3.31. The number of alkyl halides is 4. The van der Waals surface area contributed by atoms with Gasteiger partial charge in [0.15, 0.2) is 0 Å². The SMILES string of the molecule is FC(F)(F)c1cccc(-c2cc(CBr)ccc2Cl)c1. The first-order chi connectivity index (χ1) is 8.91. The highest BCUT2D eigenvalue weighted by Crippen LogP contribution is 2.35. The summed E-state index contributed by atoms with van der Waals surface area (Å²) < 4.78 is 38.1. The number of halogens is 5. The number of hydrogen-bond donors (Lipinski definition) is 0. The second-order valence-corrected chi connectivity index (χ2v) is 4.99. The van der Waals surface area contributed by atoms with Crippen LogP contribution in [0.4, 0.5) is 13.2 Å². The average Bonchev–Trinajstić information content (AvgIpc) is 2.38. The monoisotopic (exact) mass is 348 g/mol. The molecule has 0 spiro atoms. The molecule has 5 heteroatoms. The topological polar surface area (TPSA) is 0 Å². The molecule has 0 amide bonds. The van der Waals surface area contributed by atoms with Crippen LogP contribution in [0.5, 0.6) is 0 Å². The molecule has 2 aromatic carbocycles. The minimum absolute atomic E-state index is 0.434. The molecule has 0 aliphatic carbocycles. The fourth-order valence-electron chi connectivity index (χ4n) is 1.74. The van der Waals surface area contributed by atoms with Crippen LogP contribution >= 0.6 is 27.5 Å². The van der Waals surface area contributed by atoms with Gasteiger partial charge in [-0.15, -0.1) is 0 Å². The van der Waals surface area contributed by atoms with Crippen molar-refractivity contribution in [3.8, 4) is 11.1 Å². The Balaban J connectivity index is 2.53. The summed E-state index contributed by atoms with van der Waals surface area (Å²) in [5, 5.41) is 1.06. The minimum Gasteiger partial charge on any atom is -0.166 e. The van der Waals surface area contributed by atoms with Crippen LogP contribution in [0.15, 0.2) is 42.5 Å². The lowest BCUT2D eigenvalue weighted by Gasteiger charge is -2.10. The van der Waals surface area contributed by atoms with Crippen molar-refractivity contribution in [3.05, 3.63) is 58.6 Å². The van der Waals surface area contributed by atoms with Crippen molar-refractivity contribution in [1.29, 1.82) is 0 Å². The van der Waals surface area contributed by atoms with Crippen molar-refractivity contribution in [1.82, 2.24) is 0 Å². The Kier molecular flexibility index (Phi) is 4.21. The lowest BCUT2D eigenvalue weighted by atomic mass is 10.0. The van der Waals surface area contributed by atoms with Crippen LogP contribution in [-0.2, 0) is 11.5 Å². The fraction of sp³-hybridized carbons (Fsp3) is 0.143. The standard InChI is InChI=1S/C14H9BrClF3/c15-8-9-4-5-13(16)12(6-9)10-2-1-3-11(7-10)14(17,18)19/h1-7H,8H2. The predicted octanol–water partition coefficient (Wildman–Crippen LogP) is 5.92. The Morgan fingerprint density at radius 3 is 2.42 bits per heavy atom. The van der Waals surface area contributed by atoms with Crippen LogP contribution in [0.25, 0.3) is 11.1 Å². The summed E-state index contributed by atoms with van der Waals surface area (Å²) in [5.74, 6) is 0. The van der Waals surface area contributed by atoms with E-state index in [1.165, 1.54) is 6.07 Å². The van der Waals surface area contributed by atoms with E-state index in [1.54, 1.807) is 18.2 Å². The van der Waals surface area contributed by atoms with Crippen molar-refractivity contribution in [3.63, 3.8) is 0 Å². The number of benzene rings is 2. The molecule has 0 saturated carbocycles. The molecule has 0 bridgehead atoms. The van der Waals surface area contributed by atoms with Gasteiger partial charge in [0.2, 0.25) is 0 Å². The summed E-state index contributed by atoms with van der Waals surface area (Å²) in [6.07, 6.45) is -4.35. The molecule has 0 saturated heterocycles. The molecule has 2 aromatic rings. The molecule has 0 aromatic heterocycles. The van der Waals surface area contributed by atoms with Crippen LogP contribution < -0.4 is 0 Å². The molecular weight excluding hydrogens is 341 g/mol. The van der Waals surface area contributed by atoms with Gasteiger partial charge in [-0.25, -0.2) is 0 Å². The van der Waals surface area contributed by atoms with Crippen molar-refractivity contribution in [2.24, 2.45) is 0 Å². The van der Waals surface area contributed by atoms with Gasteiger partial charge >= 0.3 is 6.18 Å². The first-order valence-electron chi connectivity index (χ1n) is 5.44. The van der Waals surface area contributed by atoms with Crippen LogP contribution in [0, 0.1) is 0 Å². The summed E-state index contributed by atoms with van der Waals surface area (Å²) in [5.41, 5.74) is 1.34. The summed E-state index contributed by atoms with van der Waals surface area (Å²) in [6, 6.07) is 10.5. The number of hydrogen-bond acceptors (Lipinski definition) is 0. The smallest absolute Gasteiger partial charge is 0.166 e. The molecular formula is C14H9BrClF3. The van der Waals surface area contributed by atoms with Gasteiger partial charge in [-0.2, -0.15) is 13.2 Å². The highest BCUT2D eigenvalue weighted by Gasteiger charge is 2.30. The average molecular weight is 350 g/mol. The molecule has 0 aliphatic heterocycles. The Labute approximate surface area is 122 Å². The largest absolute Gasteiger partial charge is 0.416 e. The van der Waals surface area contributed by atoms with Gasteiger partial charge in [0.05, 0.1) is 5.56 Å². The Hall–Kier alpha value is -1.00. The molecule has 0 heterocycles. The van der Waals surface area contributed by atoms with Gasteiger partial charge in [-0.05, 0) is 35.4 Å². The van der Waals surface area contributed by atoms with Crippen molar-refractivity contribution in [2.75, 3.05) is 0 Å². The maximum atomic E-state index is 12.7. The van der Waals surface area contributed by atoms with E-state index in [1.807, 2.05) is 6.07 Å². The molecule has 0 nitrogen and oxygen atoms in total. The molecule has 0 aliphatic rings. The third-order valence-electron chi connectivity index (χ3n) is 2.69. The highest BCUT2D eigenvalue weighted by molar-refractivity contribution is 9.08. The fourth-order valence-corrected chi connectivity index (χ4v) is 2.32. The van der Waals surface area contributed by atoms with Gasteiger partial charge < -0.3 is 0 Å². The normalized spacial score (nSPS) is 11.6. The van der Waals surface area contributed by atoms with E-state index in [-0.39, 0.29) is 0 Å². The van der Waals surface area contributed by atoms with Crippen LogP contribution in [-0.4, -0.2) is 0 Å². The van der Waals surface area contributed by atoms with Crippen molar-refractivity contribution < 1.29 is 13.2 Å². The summed E-state index contributed by atoms with van der Waals surface area (Å²) >= 11 is 9.37. The van der Waals surface area contributed by atoms with Gasteiger partial charge in [-0.3, -0.25) is 0 Å². The predicted molar refractivity (Wildman–Crippen MR) is 74.5 cm³/mol. The molecule has 0 atom stereocenters. The van der Waals surface area contributed by atoms with Crippen LogP contribution in [0.2, 0.25) is 5.02 Å². The molecule has 0 unspecified atom stereocenters. The lowest BCUT2D eigenvalue weighted by Crippen LogP contribution is -2.04. The lowest BCUT2D eigenvalue weighted by molar-refractivity contribution is -0.137. The Morgan fingerprint density at radius 1 is 1.05 bits per heavy atom. The van der Waals surface area contributed by atoms with Gasteiger partial charge in [-0.1, -0.05) is 45.7 Å². The maximum Gasteiger partial charge on any atom is 0.416 e. The summed E-state index contributed by atoms with van der Waals surface area (Å²) in [7, 11) is 0. The zero-order valence-corrected chi connectivity index (χ0v) is 12.0. The summed E-state index contributed by atoms with van der Waals surface area (Å²) in [6.45, 7) is 0. The second-order valence-electron chi connectivity index (χ2n) is 4.03. The third-order valence-corrected chi connectivity index (χ3v) is 3.66. The zero-order valence-electron chi connectivity index (χ0n) is 9.64. The molecule has 19 heavy (non-hydrogen) atoms. The van der Waals surface area contributed by atoms with Crippen LogP contribution in [0.3, 0.4) is 0 Å². The van der Waals surface area contributed by atoms with E-state index < -0.39 is 11.7 Å². The molecule has 100 valence electrons. The van der Waals surface area contributed by atoms with Gasteiger partial charge in [0.25, 0.3) is 0 Å². The maximum absolute atomic E-state index is 12.7. The quantitative estimate of drug-likeness (QED) is 0.590. The minimum atomic E-state index is -4.35. The Morgan fingerprint density at radius 2 is 1.79 bits per heavy atom. The highest BCUT2D eigenvalue weighted by atomic mass is 79.9. The number of rotatable bonds is 2. The van der Waals surface area contributed by atoms with E-state index >= 15 is 0 Å². The van der Waals surface area contributed by atoms with E-state index in [9.17, 15) is 13.2 Å². The Bertz CT molecular complexity index is 593. The van der Waals surface area contributed by atoms with Gasteiger partial charge in [0.1, 0.15) is 0 Å². The van der Waals surface area contributed by atoms with E-state index in [0.717, 1.165) is 17.7 Å².